The van der Waals surface area contributed by atoms with Gasteiger partial charge in [0.05, 0.1) is 5.69 Å². The highest BCUT2D eigenvalue weighted by molar-refractivity contribution is 5.93. The Labute approximate surface area is 143 Å². The third kappa shape index (κ3) is 4.23. The summed E-state index contributed by atoms with van der Waals surface area (Å²) >= 11 is 0. The van der Waals surface area contributed by atoms with Gasteiger partial charge in [0.1, 0.15) is 5.69 Å². The van der Waals surface area contributed by atoms with Crippen LogP contribution in [0.4, 0.5) is 0 Å². The van der Waals surface area contributed by atoms with Crippen molar-refractivity contribution in [2.75, 3.05) is 26.2 Å². The number of carbonyl (C=O) groups is 1. The summed E-state index contributed by atoms with van der Waals surface area (Å²) in [7, 11) is 0. The molecule has 2 heterocycles. The number of amides is 1. The highest BCUT2D eigenvalue weighted by Crippen LogP contribution is 2.18. The van der Waals surface area contributed by atoms with Crippen LogP contribution >= 0.6 is 0 Å². The van der Waals surface area contributed by atoms with Crippen LogP contribution in [0.1, 0.15) is 35.8 Å². The Bertz CT molecular complexity index is 669. The van der Waals surface area contributed by atoms with Crippen molar-refractivity contribution in [2.45, 2.75) is 26.7 Å². The molecule has 0 unspecified atom stereocenters. The van der Waals surface area contributed by atoms with Gasteiger partial charge in [-0.2, -0.15) is 5.10 Å². The Hall–Kier alpha value is -2.14. The number of aromatic nitrogens is 2. The van der Waals surface area contributed by atoms with E-state index in [1.807, 2.05) is 30.3 Å². The molecule has 2 N–H and O–H groups in total. The number of nitrogens with zero attached hydrogens (tertiary/aromatic N) is 2. The fourth-order valence-corrected chi connectivity index (χ4v) is 3.02. The van der Waals surface area contributed by atoms with E-state index in [1.165, 1.54) is 18.4 Å². The second-order valence-corrected chi connectivity index (χ2v) is 6.81. The van der Waals surface area contributed by atoms with Gasteiger partial charge in [0.25, 0.3) is 5.91 Å². The number of hydrogen-bond donors (Lipinski definition) is 2. The number of hydrogen-bond acceptors (Lipinski definition) is 3. The zero-order valence-corrected chi connectivity index (χ0v) is 14.5. The summed E-state index contributed by atoms with van der Waals surface area (Å²) in [4.78, 5) is 14.7. The first kappa shape index (κ1) is 16.7. The fourth-order valence-electron chi connectivity index (χ4n) is 3.02. The van der Waals surface area contributed by atoms with Crippen molar-refractivity contribution in [3.05, 3.63) is 41.6 Å². The summed E-state index contributed by atoms with van der Waals surface area (Å²) in [6, 6.07) is 9.93. The fraction of sp³-hybridized carbons (Fsp3) is 0.474. The second-order valence-electron chi connectivity index (χ2n) is 6.81. The monoisotopic (exact) mass is 326 g/mol. The second kappa shape index (κ2) is 7.62. The molecule has 1 saturated heterocycles. The Morgan fingerprint density at radius 1 is 1.29 bits per heavy atom. The molecule has 3 rings (SSSR count). The lowest BCUT2D eigenvalue weighted by atomic mass is 9.99. The number of H-pyrrole nitrogens is 1. The maximum Gasteiger partial charge on any atom is 0.269 e. The van der Waals surface area contributed by atoms with Crippen LogP contribution in [-0.4, -0.2) is 47.2 Å². The van der Waals surface area contributed by atoms with Gasteiger partial charge in [-0.3, -0.25) is 9.89 Å². The zero-order chi connectivity index (χ0) is 16.9. The van der Waals surface area contributed by atoms with Gasteiger partial charge >= 0.3 is 0 Å². The number of rotatable bonds is 5. The normalized spacial score (nSPS) is 16.2. The van der Waals surface area contributed by atoms with Crippen molar-refractivity contribution in [3.8, 4) is 11.3 Å². The quantitative estimate of drug-likeness (QED) is 0.888. The molecule has 1 aliphatic rings. The van der Waals surface area contributed by atoms with Crippen LogP contribution in [0.15, 0.2) is 30.3 Å². The molecule has 1 fully saturated rings. The Kier molecular flexibility index (Phi) is 5.30. The van der Waals surface area contributed by atoms with Gasteiger partial charge in [-0.15, -0.1) is 0 Å². The van der Waals surface area contributed by atoms with Crippen LogP contribution < -0.4 is 5.32 Å². The molecule has 0 bridgehead atoms. The van der Waals surface area contributed by atoms with E-state index in [1.54, 1.807) is 0 Å². The van der Waals surface area contributed by atoms with Crippen LogP contribution in [0.5, 0.6) is 0 Å². The number of aryl methyl sites for hydroxylation is 1. The lowest BCUT2D eigenvalue weighted by molar-refractivity contribution is 0.0939. The van der Waals surface area contributed by atoms with E-state index in [9.17, 15) is 4.79 Å². The third-order valence-corrected chi connectivity index (χ3v) is 4.76. The average molecular weight is 326 g/mol. The van der Waals surface area contributed by atoms with E-state index in [-0.39, 0.29) is 5.91 Å². The number of carbonyl (C=O) groups excluding carboxylic acids is 1. The molecule has 0 atom stereocenters. The van der Waals surface area contributed by atoms with Gasteiger partial charge in [-0.25, -0.2) is 0 Å². The Morgan fingerprint density at radius 3 is 2.71 bits per heavy atom. The van der Waals surface area contributed by atoms with Gasteiger partial charge in [-0.1, -0.05) is 36.8 Å². The molecule has 2 aromatic rings. The predicted molar refractivity (Wildman–Crippen MR) is 95.9 cm³/mol. The molecular weight excluding hydrogens is 300 g/mol. The van der Waals surface area contributed by atoms with E-state index in [0.717, 1.165) is 36.8 Å². The first-order valence-corrected chi connectivity index (χ1v) is 8.75. The van der Waals surface area contributed by atoms with Crippen molar-refractivity contribution in [2.24, 2.45) is 5.92 Å². The summed E-state index contributed by atoms with van der Waals surface area (Å²) in [6.45, 7) is 8.22. The first-order valence-electron chi connectivity index (χ1n) is 8.75. The summed E-state index contributed by atoms with van der Waals surface area (Å²) in [5, 5.41) is 10.1. The lowest BCUT2D eigenvalue weighted by Crippen LogP contribution is -2.39. The molecule has 1 aliphatic heterocycles. The van der Waals surface area contributed by atoms with Gasteiger partial charge in [0, 0.05) is 18.7 Å². The molecule has 0 spiro atoms. The van der Waals surface area contributed by atoms with Crippen LogP contribution in [-0.2, 0) is 0 Å². The number of piperidine rings is 1. The molecule has 5 heteroatoms. The minimum atomic E-state index is -0.0914. The molecule has 1 aromatic heterocycles. The SMILES string of the molecule is Cc1ccc(-c2cc(C(=O)NCCN3CCC(C)CC3)[nH]n2)cc1. The first-order chi connectivity index (χ1) is 11.6. The largest absolute Gasteiger partial charge is 0.349 e. The van der Waals surface area contributed by atoms with Crippen molar-refractivity contribution in [1.29, 1.82) is 0 Å². The van der Waals surface area contributed by atoms with Crippen molar-refractivity contribution >= 4 is 5.91 Å². The van der Waals surface area contributed by atoms with Gasteiger partial charge in [0.2, 0.25) is 0 Å². The van der Waals surface area contributed by atoms with E-state index < -0.39 is 0 Å². The molecule has 128 valence electrons. The maximum atomic E-state index is 12.2. The summed E-state index contributed by atoms with van der Waals surface area (Å²) < 4.78 is 0. The molecule has 0 aliphatic carbocycles. The highest BCUT2D eigenvalue weighted by Gasteiger charge is 2.16. The number of benzene rings is 1. The van der Waals surface area contributed by atoms with Crippen LogP contribution in [0.3, 0.4) is 0 Å². The van der Waals surface area contributed by atoms with E-state index in [2.05, 4.69) is 34.3 Å². The molecule has 1 amide bonds. The third-order valence-electron chi connectivity index (χ3n) is 4.76. The zero-order valence-electron chi connectivity index (χ0n) is 14.5. The van der Waals surface area contributed by atoms with Gasteiger partial charge in [0.15, 0.2) is 0 Å². The van der Waals surface area contributed by atoms with Gasteiger partial charge in [-0.05, 0) is 44.8 Å². The summed E-state index contributed by atoms with van der Waals surface area (Å²) in [5.41, 5.74) is 3.53. The number of aromatic amines is 1. The molecule has 24 heavy (non-hydrogen) atoms. The van der Waals surface area contributed by atoms with Crippen LogP contribution in [0.25, 0.3) is 11.3 Å². The summed E-state index contributed by atoms with van der Waals surface area (Å²) in [5.74, 6) is 0.743. The topological polar surface area (TPSA) is 61.0 Å². The standard InChI is InChI=1S/C19H26N4O/c1-14-3-5-16(6-4-14)17-13-18(22-21-17)19(24)20-9-12-23-10-7-15(2)8-11-23/h3-6,13,15H,7-12H2,1-2H3,(H,20,24)(H,21,22). The van der Waals surface area contributed by atoms with Crippen molar-refractivity contribution in [3.63, 3.8) is 0 Å². The van der Waals surface area contributed by atoms with Crippen LogP contribution in [0, 0.1) is 12.8 Å². The van der Waals surface area contributed by atoms with Crippen molar-refractivity contribution < 1.29 is 4.79 Å². The van der Waals surface area contributed by atoms with E-state index in [4.69, 9.17) is 0 Å². The minimum absolute atomic E-state index is 0.0914. The molecule has 5 nitrogen and oxygen atoms in total. The maximum absolute atomic E-state index is 12.2. The molecular formula is C19H26N4O. The van der Waals surface area contributed by atoms with E-state index in [0.29, 0.717) is 12.2 Å². The summed E-state index contributed by atoms with van der Waals surface area (Å²) in [6.07, 6.45) is 2.52. The molecule has 1 aromatic carbocycles. The Morgan fingerprint density at radius 2 is 2.00 bits per heavy atom. The minimum Gasteiger partial charge on any atom is -0.349 e. The van der Waals surface area contributed by atoms with Gasteiger partial charge < -0.3 is 10.2 Å². The highest BCUT2D eigenvalue weighted by atomic mass is 16.1. The van der Waals surface area contributed by atoms with Crippen molar-refractivity contribution in [1.82, 2.24) is 20.4 Å². The predicted octanol–water partition coefficient (Wildman–Crippen LogP) is 2.85. The Balaban J connectivity index is 1.50. The average Bonchev–Trinajstić information content (AvgIpc) is 3.07. The number of likely N-dealkylation sites (tertiary alicyclic amines) is 1. The van der Waals surface area contributed by atoms with Crippen LogP contribution in [0.2, 0.25) is 0 Å². The lowest BCUT2D eigenvalue weighted by Gasteiger charge is -2.30. The molecule has 0 saturated carbocycles. The number of nitrogens with one attached hydrogen (secondary N) is 2. The smallest absolute Gasteiger partial charge is 0.269 e. The van der Waals surface area contributed by atoms with E-state index >= 15 is 0 Å². The molecule has 0 radical (unpaired) electrons.